The van der Waals surface area contributed by atoms with Crippen molar-refractivity contribution >= 4 is 11.6 Å². The Bertz CT molecular complexity index is 735. The highest BCUT2D eigenvalue weighted by molar-refractivity contribution is 5.94. The van der Waals surface area contributed by atoms with Crippen molar-refractivity contribution in [2.45, 2.75) is 47.6 Å². The fraction of sp³-hybridized carbons (Fsp3) is 0.350. The smallest absolute Gasteiger partial charge is 0.265 e. The maximum atomic E-state index is 12.4. The number of anilines is 1. The second-order valence-electron chi connectivity index (χ2n) is 6.27. The molecule has 0 unspecified atom stereocenters. The van der Waals surface area contributed by atoms with Gasteiger partial charge in [-0.15, -0.1) is 0 Å². The van der Waals surface area contributed by atoms with Gasteiger partial charge in [0.15, 0.2) is 6.10 Å². The Morgan fingerprint density at radius 1 is 0.957 bits per heavy atom. The van der Waals surface area contributed by atoms with E-state index in [2.05, 4.69) is 24.4 Å². The van der Waals surface area contributed by atoms with Crippen LogP contribution in [0.2, 0.25) is 0 Å². The van der Waals surface area contributed by atoms with Crippen molar-refractivity contribution in [2.24, 2.45) is 0 Å². The fourth-order valence-corrected chi connectivity index (χ4v) is 2.56. The van der Waals surface area contributed by atoms with Gasteiger partial charge in [-0.2, -0.15) is 0 Å². The minimum absolute atomic E-state index is 0.143. The number of carbonyl (C=O) groups excluding carboxylic acids is 1. The molecule has 1 N–H and O–H groups in total. The molecule has 3 nitrogen and oxygen atoms in total. The van der Waals surface area contributed by atoms with Crippen molar-refractivity contribution in [3.8, 4) is 5.75 Å². The van der Waals surface area contributed by atoms with Crippen LogP contribution in [0.15, 0.2) is 30.3 Å². The van der Waals surface area contributed by atoms with E-state index in [1.165, 1.54) is 11.1 Å². The molecule has 0 aliphatic rings. The van der Waals surface area contributed by atoms with E-state index in [4.69, 9.17) is 4.74 Å². The molecular weight excluding hydrogens is 286 g/mol. The molecule has 0 spiro atoms. The standard InChI is InChI=1S/C20H25NO2/c1-12-7-8-18(15(4)9-12)21-20(22)17(6)23-19-11-13(2)10-14(3)16(19)5/h7-11,17H,1-6H3,(H,21,22)/t17-/m0/s1. The fourth-order valence-electron chi connectivity index (χ4n) is 2.56. The third kappa shape index (κ3) is 4.13. The quantitative estimate of drug-likeness (QED) is 0.893. The molecule has 0 aliphatic carbocycles. The highest BCUT2D eigenvalue weighted by Gasteiger charge is 2.17. The van der Waals surface area contributed by atoms with Crippen LogP contribution in [0, 0.1) is 34.6 Å². The van der Waals surface area contributed by atoms with E-state index in [-0.39, 0.29) is 5.91 Å². The molecule has 2 aromatic rings. The number of aryl methyl sites for hydroxylation is 4. The molecule has 0 bridgehead atoms. The molecule has 0 fully saturated rings. The SMILES string of the molecule is Cc1ccc(NC(=O)[C@H](C)Oc2cc(C)cc(C)c2C)c(C)c1. The van der Waals surface area contributed by atoms with Crippen LogP contribution in [0.3, 0.4) is 0 Å². The molecule has 2 rings (SSSR count). The van der Waals surface area contributed by atoms with Gasteiger partial charge in [-0.1, -0.05) is 23.8 Å². The van der Waals surface area contributed by atoms with Crippen LogP contribution in [0.5, 0.6) is 5.75 Å². The predicted molar refractivity (Wildman–Crippen MR) is 95.3 cm³/mol. The number of amides is 1. The number of hydrogen-bond acceptors (Lipinski definition) is 2. The summed E-state index contributed by atoms with van der Waals surface area (Å²) in [5, 5.41) is 2.94. The maximum absolute atomic E-state index is 12.4. The predicted octanol–water partition coefficient (Wildman–Crippen LogP) is 4.63. The Morgan fingerprint density at radius 3 is 2.26 bits per heavy atom. The summed E-state index contributed by atoms with van der Waals surface area (Å²) in [6.45, 7) is 11.9. The van der Waals surface area contributed by atoms with Crippen LogP contribution in [-0.2, 0) is 4.79 Å². The zero-order chi connectivity index (χ0) is 17.1. The third-order valence-corrected chi connectivity index (χ3v) is 4.08. The average Bonchev–Trinajstić information content (AvgIpc) is 2.47. The molecule has 0 saturated carbocycles. The van der Waals surface area contributed by atoms with Crippen molar-refractivity contribution in [3.05, 3.63) is 58.1 Å². The summed E-state index contributed by atoms with van der Waals surface area (Å²) in [6.07, 6.45) is -0.560. The van der Waals surface area contributed by atoms with Gasteiger partial charge in [-0.3, -0.25) is 4.79 Å². The number of carbonyl (C=O) groups is 1. The van der Waals surface area contributed by atoms with Crippen LogP contribution in [-0.4, -0.2) is 12.0 Å². The first kappa shape index (κ1) is 17.1. The molecule has 2 aromatic carbocycles. The molecule has 122 valence electrons. The van der Waals surface area contributed by atoms with Crippen LogP contribution < -0.4 is 10.1 Å². The van der Waals surface area contributed by atoms with Gasteiger partial charge < -0.3 is 10.1 Å². The summed E-state index contributed by atoms with van der Waals surface area (Å²) in [6, 6.07) is 10.1. The van der Waals surface area contributed by atoms with E-state index >= 15 is 0 Å². The Balaban J connectivity index is 2.11. The van der Waals surface area contributed by atoms with E-state index in [1.807, 2.05) is 45.9 Å². The summed E-state index contributed by atoms with van der Waals surface area (Å²) in [4.78, 5) is 12.4. The summed E-state index contributed by atoms with van der Waals surface area (Å²) in [7, 11) is 0. The molecule has 3 heteroatoms. The molecule has 0 aromatic heterocycles. The monoisotopic (exact) mass is 311 g/mol. The molecule has 0 saturated heterocycles. The molecule has 23 heavy (non-hydrogen) atoms. The van der Waals surface area contributed by atoms with Gasteiger partial charge >= 0.3 is 0 Å². The highest BCUT2D eigenvalue weighted by atomic mass is 16.5. The van der Waals surface area contributed by atoms with Crippen molar-refractivity contribution in [3.63, 3.8) is 0 Å². The molecule has 0 heterocycles. The number of rotatable bonds is 4. The topological polar surface area (TPSA) is 38.3 Å². The van der Waals surface area contributed by atoms with Crippen LogP contribution in [0.1, 0.15) is 34.7 Å². The van der Waals surface area contributed by atoms with E-state index < -0.39 is 6.10 Å². The van der Waals surface area contributed by atoms with Crippen LogP contribution >= 0.6 is 0 Å². The minimum Gasteiger partial charge on any atom is -0.481 e. The lowest BCUT2D eigenvalue weighted by Crippen LogP contribution is -2.30. The van der Waals surface area contributed by atoms with Gasteiger partial charge in [-0.05, 0) is 75.9 Å². The van der Waals surface area contributed by atoms with Gasteiger partial charge in [0.05, 0.1) is 0 Å². The van der Waals surface area contributed by atoms with Gasteiger partial charge in [0.25, 0.3) is 5.91 Å². The minimum atomic E-state index is -0.560. The first-order valence-corrected chi connectivity index (χ1v) is 7.90. The lowest BCUT2D eigenvalue weighted by atomic mass is 10.1. The van der Waals surface area contributed by atoms with E-state index in [1.54, 1.807) is 6.92 Å². The normalized spacial score (nSPS) is 11.9. The lowest BCUT2D eigenvalue weighted by molar-refractivity contribution is -0.122. The number of hydrogen-bond donors (Lipinski definition) is 1. The average molecular weight is 311 g/mol. The van der Waals surface area contributed by atoms with Crippen molar-refractivity contribution in [2.75, 3.05) is 5.32 Å². The molecule has 1 atom stereocenters. The highest BCUT2D eigenvalue weighted by Crippen LogP contribution is 2.25. The Morgan fingerprint density at radius 2 is 1.61 bits per heavy atom. The summed E-state index contributed by atoms with van der Waals surface area (Å²) >= 11 is 0. The number of benzene rings is 2. The second kappa shape index (κ2) is 6.86. The van der Waals surface area contributed by atoms with Crippen molar-refractivity contribution in [1.29, 1.82) is 0 Å². The van der Waals surface area contributed by atoms with E-state index in [9.17, 15) is 4.79 Å². The summed E-state index contributed by atoms with van der Waals surface area (Å²) < 4.78 is 5.89. The molecule has 0 radical (unpaired) electrons. The molecule has 0 aliphatic heterocycles. The summed E-state index contributed by atoms with van der Waals surface area (Å²) in [5.74, 6) is 0.626. The van der Waals surface area contributed by atoms with Crippen molar-refractivity contribution < 1.29 is 9.53 Å². The van der Waals surface area contributed by atoms with E-state index in [0.29, 0.717) is 0 Å². The summed E-state index contributed by atoms with van der Waals surface area (Å²) in [5.41, 5.74) is 6.42. The van der Waals surface area contributed by atoms with Gasteiger partial charge in [0.1, 0.15) is 5.75 Å². The Hall–Kier alpha value is -2.29. The van der Waals surface area contributed by atoms with Crippen molar-refractivity contribution in [1.82, 2.24) is 0 Å². The lowest BCUT2D eigenvalue weighted by Gasteiger charge is -2.18. The molecular formula is C20H25NO2. The first-order chi connectivity index (χ1) is 10.8. The van der Waals surface area contributed by atoms with Crippen LogP contribution in [0.25, 0.3) is 0 Å². The Labute approximate surface area is 138 Å². The van der Waals surface area contributed by atoms with Gasteiger partial charge in [0.2, 0.25) is 0 Å². The zero-order valence-electron chi connectivity index (χ0n) is 14.8. The zero-order valence-corrected chi connectivity index (χ0v) is 14.8. The van der Waals surface area contributed by atoms with Gasteiger partial charge in [0, 0.05) is 5.69 Å². The number of nitrogens with one attached hydrogen (secondary N) is 1. The second-order valence-corrected chi connectivity index (χ2v) is 6.27. The number of ether oxygens (including phenoxy) is 1. The first-order valence-electron chi connectivity index (χ1n) is 7.90. The van der Waals surface area contributed by atoms with Gasteiger partial charge in [-0.25, -0.2) is 0 Å². The third-order valence-electron chi connectivity index (χ3n) is 4.08. The largest absolute Gasteiger partial charge is 0.481 e. The van der Waals surface area contributed by atoms with Crippen LogP contribution in [0.4, 0.5) is 5.69 Å². The maximum Gasteiger partial charge on any atom is 0.265 e. The Kier molecular flexibility index (Phi) is 5.09. The van der Waals surface area contributed by atoms with E-state index in [0.717, 1.165) is 28.1 Å². The molecule has 1 amide bonds.